The van der Waals surface area contributed by atoms with Gasteiger partial charge in [0.15, 0.2) is 0 Å². The van der Waals surface area contributed by atoms with Crippen molar-refractivity contribution in [3.63, 3.8) is 0 Å². The van der Waals surface area contributed by atoms with Crippen LogP contribution in [0.15, 0.2) is 0 Å². The van der Waals surface area contributed by atoms with Crippen molar-refractivity contribution in [1.82, 2.24) is 0 Å². The molecule has 0 rings (SSSR count). The Morgan fingerprint density at radius 2 is 1.00 bits per heavy atom. The zero-order valence-electron chi connectivity index (χ0n) is 7.02. The molecule has 0 amide bonds. The Kier molecular flexibility index (Phi) is 163. The van der Waals surface area contributed by atoms with Gasteiger partial charge in [-0.1, -0.05) is 0 Å². The van der Waals surface area contributed by atoms with Gasteiger partial charge in [-0.15, -0.1) is 0 Å². The van der Waals surface area contributed by atoms with Crippen LogP contribution in [0.25, 0.3) is 0 Å². The second-order valence-electron chi connectivity index (χ2n) is 0. The van der Waals surface area contributed by atoms with Gasteiger partial charge in [-0.05, 0) is 0 Å². The molecule has 0 aliphatic carbocycles. The summed E-state index contributed by atoms with van der Waals surface area (Å²) in [4.78, 5) is 0. The molecule has 0 fully saturated rings. The molecule has 0 aromatic heterocycles. The summed E-state index contributed by atoms with van der Waals surface area (Å²) in [5.41, 5.74) is 0. The minimum atomic E-state index is 0. The molecular formula is CH4NNa3. The third kappa shape index (κ3) is 21.1. The van der Waals surface area contributed by atoms with Crippen LogP contribution in [0.3, 0.4) is 0 Å². The first-order valence-corrected chi connectivity index (χ1v) is 0.258. The Balaban J connectivity index is -0.000000000333. The number of rotatable bonds is 0. The summed E-state index contributed by atoms with van der Waals surface area (Å²) in [6.07, 6.45) is 0. The molecule has 0 unspecified atom stereocenters. The molecule has 0 saturated carbocycles. The van der Waals surface area contributed by atoms with Crippen molar-refractivity contribution < 1.29 is 93.0 Å². The van der Waals surface area contributed by atoms with Gasteiger partial charge >= 0.3 is 88.7 Å². The molecule has 16 valence electrons. The van der Waals surface area contributed by atoms with Crippen LogP contribution in [0, 0.1) is 11.8 Å². The van der Waals surface area contributed by atoms with Gasteiger partial charge in [-0.25, -0.2) is 5.26 Å². The number of hydrogen-bond donors (Lipinski definition) is 0. The van der Waals surface area contributed by atoms with Crippen molar-refractivity contribution in [2.24, 2.45) is 0 Å². The van der Waals surface area contributed by atoms with E-state index in [1.165, 1.54) is 0 Å². The summed E-state index contributed by atoms with van der Waals surface area (Å²) in [6.45, 7) is 3.50. The predicted molar refractivity (Wildman–Crippen MR) is 10.0 cm³/mol. The molecule has 1 nitrogen and oxygen atoms in total. The Labute approximate surface area is 103 Å². The Morgan fingerprint density at radius 1 is 1.00 bits per heavy atom. The molecule has 5 heavy (non-hydrogen) atoms. The average molecular weight is 99.0 g/mol. The zero-order chi connectivity index (χ0) is 2.00. The third-order valence-corrected chi connectivity index (χ3v) is 0. The van der Waals surface area contributed by atoms with Crippen LogP contribution in [0.2, 0.25) is 0 Å². The Hall–Kier alpha value is 2.49. The fraction of sp³-hybridized carbons (Fsp3) is 0. The maximum Gasteiger partial charge on any atom is 1.00 e. The fourth-order valence-electron chi connectivity index (χ4n) is 0. The number of nitrogens with zero attached hydrogens (tertiary/aromatic N) is 1. The largest absolute Gasteiger partial charge is 1.00 e. The molecule has 0 aromatic carbocycles. The van der Waals surface area contributed by atoms with Crippen molar-refractivity contribution >= 4 is 0 Å². The molecular weight excluding hydrogens is 95.0 g/mol. The van der Waals surface area contributed by atoms with E-state index < -0.39 is 0 Å². The van der Waals surface area contributed by atoms with E-state index in [1.807, 2.05) is 0 Å². The molecule has 0 saturated heterocycles. The molecule has 0 bridgehead atoms. The van der Waals surface area contributed by atoms with E-state index in [4.69, 9.17) is 5.26 Å². The molecule has 4 heteroatoms. The SMILES string of the molecule is C#N.[H-].[H-].[H-].[Na+].[Na+].[Na+]. The van der Waals surface area contributed by atoms with Crippen molar-refractivity contribution in [3.8, 4) is 6.57 Å². The summed E-state index contributed by atoms with van der Waals surface area (Å²) in [6, 6.07) is 0. The van der Waals surface area contributed by atoms with Crippen molar-refractivity contribution in [2.75, 3.05) is 0 Å². The van der Waals surface area contributed by atoms with Gasteiger partial charge in [-0.3, -0.25) is 0 Å². The minimum Gasteiger partial charge on any atom is -1.00 e. The summed E-state index contributed by atoms with van der Waals surface area (Å²) in [7, 11) is 0. The smallest absolute Gasteiger partial charge is 1.00 e. The maximum absolute atomic E-state index is 6.50. The van der Waals surface area contributed by atoms with Gasteiger partial charge in [0.1, 0.15) is 0 Å². The van der Waals surface area contributed by atoms with E-state index in [2.05, 4.69) is 6.57 Å². The van der Waals surface area contributed by atoms with E-state index in [1.54, 1.807) is 0 Å². The van der Waals surface area contributed by atoms with E-state index in [9.17, 15) is 0 Å². The molecule has 0 radical (unpaired) electrons. The summed E-state index contributed by atoms with van der Waals surface area (Å²) in [5.74, 6) is 0. The van der Waals surface area contributed by atoms with E-state index in [-0.39, 0.29) is 93.0 Å². The normalized spacial score (nSPS) is 0.400. The Morgan fingerprint density at radius 3 is 1.00 bits per heavy atom. The van der Waals surface area contributed by atoms with Crippen molar-refractivity contribution in [3.05, 3.63) is 0 Å². The van der Waals surface area contributed by atoms with Gasteiger partial charge in [-0.2, -0.15) is 0 Å². The van der Waals surface area contributed by atoms with Crippen LogP contribution in [0.1, 0.15) is 4.28 Å². The monoisotopic (exact) mass is 99.0 g/mol. The molecule has 0 N–H and O–H groups in total. The van der Waals surface area contributed by atoms with Crippen LogP contribution >= 0.6 is 0 Å². The van der Waals surface area contributed by atoms with Crippen LogP contribution in [0.4, 0.5) is 0 Å². The van der Waals surface area contributed by atoms with Gasteiger partial charge < -0.3 is 4.28 Å². The molecule has 0 heterocycles. The summed E-state index contributed by atoms with van der Waals surface area (Å²) < 4.78 is 0. The fourth-order valence-corrected chi connectivity index (χ4v) is 0. The summed E-state index contributed by atoms with van der Waals surface area (Å²) >= 11 is 0. The number of hydrogen-bond acceptors (Lipinski definition) is 1. The molecule has 0 spiro atoms. The van der Waals surface area contributed by atoms with E-state index >= 15 is 0 Å². The van der Waals surface area contributed by atoms with Crippen LogP contribution in [0.5, 0.6) is 0 Å². The topological polar surface area (TPSA) is 23.8 Å². The quantitative estimate of drug-likeness (QED) is 0.277. The molecule has 0 aliphatic heterocycles. The zero-order valence-corrected chi connectivity index (χ0v) is 10.0. The van der Waals surface area contributed by atoms with Crippen LogP contribution in [-0.4, -0.2) is 0 Å². The second-order valence-corrected chi connectivity index (χ2v) is 0. The van der Waals surface area contributed by atoms with Gasteiger partial charge in [0.2, 0.25) is 0 Å². The second kappa shape index (κ2) is 31.5. The maximum atomic E-state index is 6.50. The van der Waals surface area contributed by atoms with Gasteiger partial charge in [0, 0.05) is 6.57 Å². The molecule has 0 aromatic rings. The predicted octanol–water partition coefficient (Wildman–Crippen LogP) is -8.51. The molecule has 0 atom stereocenters. The first-order valence-electron chi connectivity index (χ1n) is 0.258. The van der Waals surface area contributed by atoms with Crippen molar-refractivity contribution in [1.29, 1.82) is 5.26 Å². The number of nitriles is 1. The Bertz CT molecular complexity index is 19.2. The minimum absolute atomic E-state index is 0. The first-order chi connectivity index (χ1) is 1.00. The van der Waals surface area contributed by atoms with Crippen LogP contribution < -0.4 is 88.7 Å². The van der Waals surface area contributed by atoms with Crippen LogP contribution in [-0.2, 0) is 0 Å². The van der Waals surface area contributed by atoms with Gasteiger partial charge in [0.25, 0.3) is 0 Å². The van der Waals surface area contributed by atoms with E-state index in [0.717, 1.165) is 0 Å². The first kappa shape index (κ1) is 25.9. The van der Waals surface area contributed by atoms with Crippen molar-refractivity contribution in [2.45, 2.75) is 0 Å². The molecule has 0 aliphatic rings. The van der Waals surface area contributed by atoms with Gasteiger partial charge in [0.05, 0.1) is 0 Å². The average Bonchev–Trinajstić information content (AvgIpc) is 1.00. The third-order valence-electron chi connectivity index (χ3n) is 0. The summed E-state index contributed by atoms with van der Waals surface area (Å²) in [5, 5.41) is 6.50. The standard InChI is InChI=1S/CHN.3Na.3H/c1-2;;;;;;/h1H;;;;;;/q;3*+1;3*-1. The van der Waals surface area contributed by atoms with E-state index in [0.29, 0.717) is 0 Å².